The molecule has 0 saturated carbocycles. The van der Waals surface area contributed by atoms with Gasteiger partial charge in [0.05, 0.1) is 6.04 Å². The van der Waals surface area contributed by atoms with Gasteiger partial charge in [-0.2, -0.15) is 0 Å². The molecule has 0 spiro atoms. The van der Waals surface area contributed by atoms with Crippen LogP contribution in [0.4, 0.5) is 4.79 Å². The zero-order valence-electron chi connectivity index (χ0n) is 10.6. The van der Waals surface area contributed by atoms with Gasteiger partial charge in [0.1, 0.15) is 0 Å². The van der Waals surface area contributed by atoms with Gasteiger partial charge in [0.15, 0.2) is 0 Å². The van der Waals surface area contributed by atoms with Gasteiger partial charge in [-0.25, -0.2) is 4.79 Å². The number of carbonyl (C=O) groups is 2. The molecule has 16 heavy (non-hydrogen) atoms. The molecule has 2 unspecified atom stereocenters. The monoisotopic (exact) mass is 230 g/mol. The van der Waals surface area contributed by atoms with Gasteiger partial charge in [0.25, 0.3) is 0 Å². The zero-order valence-corrected chi connectivity index (χ0v) is 10.6. The predicted octanol–water partition coefficient (Wildman–Crippen LogP) is -0.630. The van der Waals surface area contributed by atoms with Crippen molar-refractivity contribution in [1.82, 2.24) is 20.9 Å². The number of nitrogens with one attached hydrogen (secondary N) is 3. The second-order valence-corrected chi connectivity index (χ2v) is 4.12. The van der Waals surface area contributed by atoms with Crippen molar-refractivity contribution in [2.45, 2.75) is 25.9 Å². The number of amides is 3. The number of imide groups is 1. The quantitative estimate of drug-likeness (QED) is 0.588. The number of urea groups is 1. The van der Waals surface area contributed by atoms with Crippen molar-refractivity contribution in [3.63, 3.8) is 0 Å². The smallest absolute Gasteiger partial charge is 0.321 e. The zero-order chi connectivity index (χ0) is 12.7. The Labute approximate surface area is 96.8 Å². The lowest BCUT2D eigenvalue weighted by Gasteiger charge is -2.22. The molecule has 0 aliphatic heterocycles. The van der Waals surface area contributed by atoms with Crippen LogP contribution in [0.2, 0.25) is 0 Å². The van der Waals surface area contributed by atoms with Crippen LogP contribution in [-0.4, -0.2) is 56.6 Å². The van der Waals surface area contributed by atoms with Crippen LogP contribution in [0.5, 0.6) is 0 Å². The van der Waals surface area contributed by atoms with Gasteiger partial charge in [-0.15, -0.1) is 0 Å². The maximum absolute atomic E-state index is 11.5. The molecule has 0 heterocycles. The van der Waals surface area contributed by atoms with E-state index < -0.39 is 12.1 Å². The summed E-state index contributed by atoms with van der Waals surface area (Å²) >= 11 is 0. The molecule has 0 aromatic carbocycles. The predicted molar refractivity (Wildman–Crippen MR) is 63.2 cm³/mol. The highest BCUT2D eigenvalue weighted by molar-refractivity contribution is 5.96. The Morgan fingerprint density at radius 3 is 2.25 bits per heavy atom. The third-order valence-corrected chi connectivity index (χ3v) is 2.03. The molecule has 3 amide bonds. The van der Waals surface area contributed by atoms with Crippen molar-refractivity contribution in [2.75, 3.05) is 27.7 Å². The van der Waals surface area contributed by atoms with Crippen LogP contribution < -0.4 is 16.0 Å². The van der Waals surface area contributed by atoms with Crippen molar-refractivity contribution in [1.29, 1.82) is 0 Å². The van der Waals surface area contributed by atoms with Crippen molar-refractivity contribution in [3.05, 3.63) is 0 Å². The van der Waals surface area contributed by atoms with Crippen molar-refractivity contribution >= 4 is 11.9 Å². The number of nitrogens with zero attached hydrogens (tertiary/aromatic N) is 1. The minimum Gasteiger partial charge on any atom is -0.341 e. The summed E-state index contributed by atoms with van der Waals surface area (Å²) in [4.78, 5) is 24.4. The first-order valence-corrected chi connectivity index (χ1v) is 5.30. The second-order valence-electron chi connectivity index (χ2n) is 4.12. The Kier molecular flexibility index (Phi) is 6.67. The lowest BCUT2D eigenvalue weighted by atomic mass is 10.2. The number of likely N-dealkylation sites (N-methyl/N-ethyl adjacent to an activating group) is 1. The first kappa shape index (κ1) is 14.9. The standard InChI is InChI=1S/C10H22N4O2/c1-7(6-14(4)5)12-8(2)9(15)13-10(16)11-3/h7-8,12H,6H2,1-5H3,(H2,11,13,15,16). The molecule has 0 aromatic rings. The van der Waals surface area contributed by atoms with Gasteiger partial charge >= 0.3 is 6.03 Å². The molecule has 0 fully saturated rings. The van der Waals surface area contributed by atoms with Crippen LogP contribution in [0, 0.1) is 0 Å². The van der Waals surface area contributed by atoms with Crippen molar-refractivity contribution in [3.8, 4) is 0 Å². The molecular formula is C10H22N4O2. The molecule has 0 aliphatic rings. The Balaban J connectivity index is 4.00. The summed E-state index contributed by atoms with van der Waals surface area (Å²) in [5, 5.41) is 7.66. The summed E-state index contributed by atoms with van der Waals surface area (Å²) in [7, 11) is 5.40. The topological polar surface area (TPSA) is 73.5 Å². The van der Waals surface area contributed by atoms with Crippen molar-refractivity contribution < 1.29 is 9.59 Å². The van der Waals surface area contributed by atoms with Crippen molar-refractivity contribution in [2.24, 2.45) is 0 Å². The van der Waals surface area contributed by atoms with E-state index in [1.54, 1.807) is 6.92 Å². The van der Waals surface area contributed by atoms with Gasteiger partial charge in [-0.05, 0) is 27.9 Å². The lowest BCUT2D eigenvalue weighted by Crippen LogP contribution is -2.51. The maximum Gasteiger partial charge on any atom is 0.321 e. The lowest BCUT2D eigenvalue weighted by molar-refractivity contribution is -0.121. The normalized spacial score (nSPS) is 14.4. The van der Waals surface area contributed by atoms with Crippen LogP contribution in [0.1, 0.15) is 13.8 Å². The summed E-state index contributed by atoms with van der Waals surface area (Å²) in [6.45, 7) is 4.55. The fraction of sp³-hybridized carbons (Fsp3) is 0.800. The maximum atomic E-state index is 11.5. The van der Waals surface area contributed by atoms with Gasteiger partial charge in [0, 0.05) is 19.6 Å². The number of hydrogen-bond donors (Lipinski definition) is 3. The minimum atomic E-state index is -0.487. The van der Waals surface area contributed by atoms with E-state index in [9.17, 15) is 9.59 Å². The van der Waals surface area contributed by atoms with E-state index in [0.29, 0.717) is 0 Å². The molecule has 0 saturated heterocycles. The number of hydrogen-bond acceptors (Lipinski definition) is 4. The average molecular weight is 230 g/mol. The minimum absolute atomic E-state index is 0.181. The van der Waals surface area contributed by atoms with E-state index in [-0.39, 0.29) is 11.9 Å². The first-order chi connectivity index (χ1) is 7.36. The van der Waals surface area contributed by atoms with Crippen LogP contribution in [0.25, 0.3) is 0 Å². The van der Waals surface area contributed by atoms with Crippen LogP contribution >= 0.6 is 0 Å². The Bertz CT molecular complexity index is 243. The summed E-state index contributed by atoms with van der Waals surface area (Å²) in [5.74, 6) is -0.329. The summed E-state index contributed by atoms with van der Waals surface area (Å²) < 4.78 is 0. The molecule has 0 radical (unpaired) electrons. The fourth-order valence-electron chi connectivity index (χ4n) is 1.39. The van der Waals surface area contributed by atoms with Crippen LogP contribution in [-0.2, 0) is 4.79 Å². The highest BCUT2D eigenvalue weighted by Crippen LogP contribution is 1.90. The summed E-state index contributed by atoms with van der Waals surface area (Å²) in [5.41, 5.74) is 0. The highest BCUT2D eigenvalue weighted by atomic mass is 16.2. The molecule has 94 valence electrons. The third-order valence-electron chi connectivity index (χ3n) is 2.03. The largest absolute Gasteiger partial charge is 0.341 e. The van der Waals surface area contributed by atoms with E-state index >= 15 is 0 Å². The highest BCUT2D eigenvalue weighted by Gasteiger charge is 2.17. The SMILES string of the molecule is CNC(=O)NC(=O)C(C)NC(C)CN(C)C. The summed E-state index contributed by atoms with van der Waals surface area (Å²) in [6.07, 6.45) is 0. The van der Waals surface area contributed by atoms with E-state index in [2.05, 4.69) is 16.0 Å². The average Bonchev–Trinajstić information content (AvgIpc) is 2.15. The van der Waals surface area contributed by atoms with E-state index in [0.717, 1.165) is 6.54 Å². The molecule has 3 N–H and O–H groups in total. The summed E-state index contributed by atoms with van der Waals surface area (Å²) in [6, 6.07) is -0.702. The molecule has 0 rings (SSSR count). The van der Waals surface area contributed by atoms with Gasteiger partial charge in [-0.3, -0.25) is 10.1 Å². The van der Waals surface area contributed by atoms with Crippen LogP contribution in [0.15, 0.2) is 0 Å². The number of carbonyl (C=O) groups excluding carboxylic acids is 2. The molecule has 6 heteroatoms. The van der Waals surface area contributed by atoms with E-state index in [4.69, 9.17) is 0 Å². The molecule has 6 nitrogen and oxygen atoms in total. The Morgan fingerprint density at radius 2 is 1.81 bits per heavy atom. The van der Waals surface area contributed by atoms with E-state index in [1.165, 1.54) is 7.05 Å². The Morgan fingerprint density at radius 1 is 1.25 bits per heavy atom. The number of rotatable bonds is 5. The molecule has 0 bridgehead atoms. The van der Waals surface area contributed by atoms with Gasteiger partial charge < -0.3 is 15.5 Å². The molecular weight excluding hydrogens is 208 g/mol. The van der Waals surface area contributed by atoms with E-state index in [1.807, 2.05) is 25.9 Å². The fourth-order valence-corrected chi connectivity index (χ4v) is 1.39. The first-order valence-electron chi connectivity index (χ1n) is 5.30. The second kappa shape index (κ2) is 7.19. The molecule has 2 atom stereocenters. The van der Waals surface area contributed by atoms with Gasteiger partial charge in [-0.1, -0.05) is 0 Å². The molecule has 0 aromatic heterocycles. The third kappa shape index (κ3) is 6.36. The van der Waals surface area contributed by atoms with Gasteiger partial charge in [0.2, 0.25) is 5.91 Å². The van der Waals surface area contributed by atoms with Crippen LogP contribution in [0.3, 0.4) is 0 Å². The molecule has 0 aliphatic carbocycles. The Hall–Kier alpha value is -1.14.